The summed E-state index contributed by atoms with van der Waals surface area (Å²) in [4.78, 5) is 27.0. The number of aryl methyl sites for hydroxylation is 3. The molecule has 0 bridgehead atoms. The number of carbonyl (C=O) groups excluding carboxylic acids is 2. The minimum Gasteiger partial charge on any atom is -0.271 e. The molecule has 27 heavy (non-hydrogen) atoms. The smallest absolute Gasteiger partial charge is 0.263 e. The third-order valence-corrected chi connectivity index (χ3v) is 5.43. The zero-order chi connectivity index (χ0) is 19.3. The minimum atomic E-state index is -0.820. The third kappa shape index (κ3) is 2.80. The molecule has 2 atom stereocenters. The quantitative estimate of drug-likeness (QED) is 0.759. The van der Waals surface area contributed by atoms with Gasteiger partial charge in [-0.1, -0.05) is 46.7 Å². The first-order chi connectivity index (χ1) is 12.9. The molecule has 4 rings (SSSR count). The van der Waals surface area contributed by atoms with E-state index in [9.17, 15) is 9.59 Å². The second kappa shape index (κ2) is 6.46. The van der Waals surface area contributed by atoms with Gasteiger partial charge in [-0.25, -0.2) is 4.90 Å². The molecule has 0 spiro atoms. The van der Waals surface area contributed by atoms with Gasteiger partial charge in [0, 0.05) is 0 Å². The Morgan fingerprint density at radius 3 is 2.37 bits per heavy atom. The maximum absolute atomic E-state index is 13.1. The van der Waals surface area contributed by atoms with Crippen LogP contribution >= 0.6 is 11.6 Å². The molecule has 2 heterocycles. The average Bonchev–Trinajstić information content (AvgIpc) is 3.12. The van der Waals surface area contributed by atoms with Crippen LogP contribution in [0.2, 0.25) is 5.02 Å². The van der Waals surface area contributed by atoms with E-state index in [1.165, 1.54) is 5.56 Å². The largest absolute Gasteiger partial charge is 0.271 e. The fraction of sp³-hybridized carbons (Fsp3) is 0.300. The zero-order valence-electron chi connectivity index (χ0n) is 15.3. The molecule has 7 heteroatoms. The topological polar surface area (TPSA) is 65.3 Å². The Bertz CT molecular complexity index is 965. The van der Waals surface area contributed by atoms with Crippen molar-refractivity contribution < 1.29 is 9.59 Å². The van der Waals surface area contributed by atoms with E-state index < -0.39 is 12.1 Å². The second-order valence-electron chi connectivity index (χ2n) is 7.03. The maximum atomic E-state index is 13.1. The fourth-order valence-corrected chi connectivity index (χ4v) is 4.07. The number of fused-ring (bicyclic) bond motifs is 1. The average molecular weight is 383 g/mol. The van der Waals surface area contributed by atoms with Gasteiger partial charge in [-0.05, 0) is 49.6 Å². The van der Waals surface area contributed by atoms with Gasteiger partial charge in [0.25, 0.3) is 11.8 Å². The van der Waals surface area contributed by atoms with Crippen LogP contribution in [-0.2, 0) is 16.1 Å². The lowest BCUT2D eigenvalue weighted by Crippen LogP contribution is -2.39. The summed E-state index contributed by atoms with van der Waals surface area (Å²) in [5.74, 6) is -0.729. The highest BCUT2D eigenvalue weighted by molar-refractivity contribution is 6.36. The van der Waals surface area contributed by atoms with E-state index in [0.717, 1.165) is 21.6 Å². The Morgan fingerprint density at radius 2 is 1.70 bits per heavy atom. The minimum absolute atomic E-state index is 0.342. The van der Waals surface area contributed by atoms with Crippen LogP contribution in [-0.4, -0.2) is 28.9 Å². The van der Waals surface area contributed by atoms with Crippen molar-refractivity contribution in [2.75, 3.05) is 4.90 Å². The van der Waals surface area contributed by atoms with Gasteiger partial charge in [0.15, 0.2) is 12.1 Å². The van der Waals surface area contributed by atoms with Crippen LogP contribution in [0.3, 0.4) is 0 Å². The first-order valence-corrected chi connectivity index (χ1v) is 9.12. The number of imide groups is 1. The first kappa shape index (κ1) is 17.7. The predicted octanol–water partition coefficient (Wildman–Crippen LogP) is 3.76. The van der Waals surface area contributed by atoms with E-state index in [1.54, 1.807) is 29.3 Å². The molecule has 0 aliphatic carbocycles. The van der Waals surface area contributed by atoms with Gasteiger partial charge < -0.3 is 0 Å². The lowest BCUT2D eigenvalue weighted by Gasteiger charge is -2.23. The van der Waals surface area contributed by atoms with Gasteiger partial charge in [-0.15, -0.1) is 0 Å². The number of carbonyl (C=O) groups is 2. The van der Waals surface area contributed by atoms with E-state index in [4.69, 9.17) is 11.6 Å². The number of para-hydroxylation sites is 1. The van der Waals surface area contributed by atoms with Gasteiger partial charge in [0.1, 0.15) is 0 Å². The number of rotatable bonds is 3. The summed E-state index contributed by atoms with van der Waals surface area (Å²) in [6.45, 7) is 6.56. The number of nitrogens with zero attached hydrogens (tertiary/aromatic N) is 4. The van der Waals surface area contributed by atoms with Crippen molar-refractivity contribution in [1.29, 1.82) is 0 Å². The van der Waals surface area contributed by atoms with E-state index in [-0.39, 0.29) is 11.8 Å². The van der Waals surface area contributed by atoms with Gasteiger partial charge >= 0.3 is 0 Å². The number of benzene rings is 2. The molecule has 0 N–H and O–H groups in total. The van der Waals surface area contributed by atoms with Gasteiger partial charge in [-0.3, -0.25) is 14.6 Å². The van der Waals surface area contributed by atoms with Crippen LogP contribution in [0.4, 0.5) is 5.69 Å². The Labute approximate surface area is 162 Å². The predicted molar refractivity (Wildman–Crippen MR) is 103 cm³/mol. The SMILES string of the molecule is Cc1cc(C)c(CN2N=NC3C(=O)N(c4ccccc4Cl)C(=O)C32)c(C)c1. The first-order valence-electron chi connectivity index (χ1n) is 8.75. The molecule has 2 amide bonds. The van der Waals surface area contributed by atoms with E-state index in [0.29, 0.717) is 17.3 Å². The molecule has 138 valence electrons. The summed E-state index contributed by atoms with van der Waals surface area (Å²) in [5, 5.41) is 10.2. The van der Waals surface area contributed by atoms with Crippen LogP contribution in [0, 0.1) is 20.8 Å². The number of amides is 2. The zero-order valence-corrected chi connectivity index (χ0v) is 16.1. The van der Waals surface area contributed by atoms with E-state index in [2.05, 4.69) is 29.4 Å². The molecule has 2 unspecified atom stereocenters. The molecule has 0 radical (unpaired) electrons. The van der Waals surface area contributed by atoms with Gasteiger partial charge in [0.2, 0.25) is 0 Å². The molecular weight excluding hydrogens is 364 g/mol. The molecule has 2 aromatic rings. The van der Waals surface area contributed by atoms with Crippen molar-refractivity contribution in [3.63, 3.8) is 0 Å². The Morgan fingerprint density at radius 1 is 1.04 bits per heavy atom. The summed E-state index contributed by atoms with van der Waals surface area (Å²) < 4.78 is 0. The molecule has 0 saturated carbocycles. The van der Waals surface area contributed by atoms with Crippen molar-refractivity contribution in [3.8, 4) is 0 Å². The van der Waals surface area contributed by atoms with Crippen molar-refractivity contribution in [2.24, 2.45) is 10.3 Å². The van der Waals surface area contributed by atoms with Gasteiger partial charge in [0.05, 0.1) is 17.3 Å². The molecule has 1 fully saturated rings. The molecule has 0 aromatic heterocycles. The summed E-state index contributed by atoms with van der Waals surface area (Å²) in [5.41, 5.74) is 4.93. The van der Waals surface area contributed by atoms with Gasteiger partial charge in [-0.2, -0.15) is 5.11 Å². The molecule has 2 aliphatic heterocycles. The standard InChI is InChI=1S/C20H19ClN4O2/c1-11-8-12(2)14(13(3)9-11)10-24-18-17(22-23-24)19(26)25(20(18)27)16-7-5-4-6-15(16)21/h4-9,17-18H,10H2,1-3H3. The second-order valence-corrected chi connectivity index (χ2v) is 7.44. The van der Waals surface area contributed by atoms with Crippen LogP contribution < -0.4 is 4.90 Å². The lowest BCUT2D eigenvalue weighted by atomic mass is 9.99. The highest BCUT2D eigenvalue weighted by atomic mass is 35.5. The normalized spacial score (nSPS) is 21.3. The molecular formula is C20H19ClN4O2. The van der Waals surface area contributed by atoms with Crippen molar-refractivity contribution in [3.05, 3.63) is 63.7 Å². The Hall–Kier alpha value is -2.73. The summed E-state index contributed by atoms with van der Waals surface area (Å²) in [6, 6.07) is 9.48. The Kier molecular flexibility index (Phi) is 4.23. The number of halogens is 1. The molecule has 6 nitrogen and oxygen atoms in total. The lowest BCUT2D eigenvalue weighted by molar-refractivity contribution is -0.123. The van der Waals surface area contributed by atoms with Crippen LogP contribution in [0.1, 0.15) is 22.3 Å². The summed E-state index contributed by atoms with van der Waals surface area (Å²) in [6.07, 6.45) is 0. The molecule has 2 aliphatic rings. The highest BCUT2D eigenvalue weighted by Crippen LogP contribution is 2.36. The highest BCUT2D eigenvalue weighted by Gasteiger charge is 2.55. The number of hydrogen-bond donors (Lipinski definition) is 0. The summed E-state index contributed by atoms with van der Waals surface area (Å²) >= 11 is 6.20. The molecule has 1 saturated heterocycles. The van der Waals surface area contributed by atoms with E-state index in [1.807, 2.05) is 13.8 Å². The van der Waals surface area contributed by atoms with Crippen LogP contribution in [0.25, 0.3) is 0 Å². The van der Waals surface area contributed by atoms with Crippen molar-refractivity contribution >= 4 is 29.1 Å². The van der Waals surface area contributed by atoms with Crippen molar-refractivity contribution in [1.82, 2.24) is 5.01 Å². The van der Waals surface area contributed by atoms with E-state index >= 15 is 0 Å². The molecule has 2 aromatic carbocycles. The monoisotopic (exact) mass is 382 g/mol. The fourth-order valence-electron chi connectivity index (χ4n) is 3.85. The van der Waals surface area contributed by atoms with Crippen LogP contribution in [0.15, 0.2) is 46.7 Å². The summed E-state index contributed by atoms with van der Waals surface area (Å²) in [7, 11) is 0. The Balaban J connectivity index is 1.65. The van der Waals surface area contributed by atoms with Crippen LogP contribution in [0.5, 0.6) is 0 Å². The number of hydrogen-bond acceptors (Lipinski definition) is 5. The third-order valence-electron chi connectivity index (χ3n) is 5.11. The maximum Gasteiger partial charge on any atom is 0.263 e. The van der Waals surface area contributed by atoms with Crippen molar-refractivity contribution in [2.45, 2.75) is 39.4 Å². The number of anilines is 1.